The highest BCUT2D eigenvalue weighted by atomic mass is 16.5. The Morgan fingerprint density at radius 2 is 1.67 bits per heavy atom. The molecule has 0 bridgehead atoms. The van der Waals surface area contributed by atoms with E-state index in [1.807, 2.05) is 43.3 Å². The number of hydrogen-bond donors (Lipinski definition) is 2. The van der Waals surface area contributed by atoms with Crippen LogP contribution in [-0.2, 0) is 0 Å². The molecule has 144 valence electrons. The molecule has 0 spiro atoms. The van der Waals surface area contributed by atoms with E-state index in [0.717, 1.165) is 44.2 Å². The van der Waals surface area contributed by atoms with Crippen molar-refractivity contribution in [1.82, 2.24) is 10.2 Å². The molecule has 2 aromatic carbocycles. The zero-order valence-corrected chi connectivity index (χ0v) is 16.1. The van der Waals surface area contributed by atoms with Gasteiger partial charge >= 0.3 is 6.03 Å². The molecule has 1 aliphatic rings. The minimum Gasteiger partial charge on any atom is -0.497 e. The Hall–Kier alpha value is -2.73. The predicted octanol–water partition coefficient (Wildman–Crippen LogP) is 2.95. The van der Waals surface area contributed by atoms with Gasteiger partial charge in [0.05, 0.1) is 7.11 Å². The molecule has 0 unspecified atom stereocenters. The molecule has 6 nitrogen and oxygen atoms in total. The number of piperazine rings is 1. The van der Waals surface area contributed by atoms with E-state index in [1.165, 1.54) is 11.3 Å². The lowest BCUT2D eigenvalue weighted by molar-refractivity contribution is 0.240. The lowest BCUT2D eigenvalue weighted by atomic mass is 10.2. The molecule has 1 saturated heterocycles. The van der Waals surface area contributed by atoms with Crippen LogP contribution in [0.3, 0.4) is 0 Å². The van der Waals surface area contributed by atoms with E-state index in [0.29, 0.717) is 6.54 Å². The number of urea groups is 1. The molecular formula is C21H28N4O2. The highest BCUT2D eigenvalue weighted by Crippen LogP contribution is 2.20. The molecule has 2 aromatic rings. The van der Waals surface area contributed by atoms with E-state index in [4.69, 9.17) is 4.74 Å². The van der Waals surface area contributed by atoms with Gasteiger partial charge in [0.1, 0.15) is 5.75 Å². The number of amides is 2. The molecule has 27 heavy (non-hydrogen) atoms. The maximum absolute atomic E-state index is 12.0. The van der Waals surface area contributed by atoms with Crippen molar-refractivity contribution < 1.29 is 9.53 Å². The van der Waals surface area contributed by atoms with Gasteiger partial charge < -0.3 is 20.3 Å². The van der Waals surface area contributed by atoms with Gasteiger partial charge in [-0.05, 0) is 43.3 Å². The molecule has 0 radical (unpaired) electrons. The third-order valence-electron chi connectivity index (χ3n) is 4.83. The number of rotatable bonds is 6. The first-order valence-corrected chi connectivity index (χ1v) is 9.37. The molecule has 2 amide bonds. The van der Waals surface area contributed by atoms with E-state index in [-0.39, 0.29) is 6.03 Å². The predicted molar refractivity (Wildman–Crippen MR) is 110 cm³/mol. The van der Waals surface area contributed by atoms with Crippen molar-refractivity contribution in [2.45, 2.75) is 6.92 Å². The third kappa shape index (κ3) is 5.62. The van der Waals surface area contributed by atoms with Gasteiger partial charge in [0, 0.05) is 50.6 Å². The van der Waals surface area contributed by atoms with Gasteiger partial charge in [-0.3, -0.25) is 4.90 Å². The zero-order chi connectivity index (χ0) is 19.1. The highest BCUT2D eigenvalue weighted by Gasteiger charge is 2.17. The molecular weight excluding hydrogens is 340 g/mol. The number of aryl methyl sites for hydroxylation is 1. The number of nitrogens with one attached hydrogen (secondary N) is 2. The first kappa shape index (κ1) is 19.0. The van der Waals surface area contributed by atoms with Crippen molar-refractivity contribution in [2.24, 2.45) is 0 Å². The van der Waals surface area contributed by atoms with Crippen LogP contribution in [0.15, 0.2) is 48.5 Å². The SMILES string of the molecule is COc1ccc(N2CCN(CCNC(=O)Nc3ccc(C)cc3)CC2)cc1. The van der Waals surface area contributed by atoms with E-state index >= 15 is 0 Å². The number of carbonyl (C=O) groups is 1. The fourth-order valence-electron chi connectivity index (χ4n) is 3.16. The average Bonchev–Trinajstić information content (AvgIpc) is 2.70. The van der Waals surface area contributed by atoms with Crippen LogP contribution in [0.1, 0.15) is 5.56 Å². The van der Waals surface area contributed by atoms with Gasteiger partial charge in [-0.1, -0.05) is 17.7 Å². The number of methoxy groups -OCH3 is 1. The van der Waals surface area contributed by atoms with Crippen molar-refractivity contribution >= 4 is 17.4 Å². The van der Waals surface area contributed by atoms with Crippen LogP contribution in [0.25, 0.3) is 0 Å². The summed E-state index contributed by atoms with van der Waals surface area (Å²) in [7, 11) is 1.68. The second kappa shape index (κ2) is 9.28. The van der Waals surface area contributed by atoms with Crippen LogP contribution in [0.4, 0.5) is 16.2 Å². The summed E-state index contributed by atoms with van der Waals surface area (Å²) < 4.78 is 5.21. The largest absolute Gasteiger partial charge is 0.497 e. The van der Waals surface area contributed by atoms with Crippen LogP contribution in [-0.4, -0.2) is 57.3 Å². The van der Waals surface area contributed by atoms with E-state index in [9.17, 15) is 4.79 Å². The van der Waals surface area contributed by atoms with Crippen LogP contribution >= 0.6 is 0 Å². The molecule has 0 aromatic heterocycles. The van der Waals surface area contributed by atoms with Gasteiger partial charge in [0.15, 0.2) is 0 Å². The summed E-state index contributed by atoms with van der Waals surface area (Å²) in [6.07, 6.45) is 0. The summed E-state index contributed by atoms with van der Waals surface area (Å²) in [4.78, 5) is 16.7. The number of hydrogen-bond acceptors (Lipinski definition) is 4. The number of ether oxygens (including phenoxy) is 1. The molecule has 1 aliphatic heterocycles. The smallest absolute Gasteiger partial charge is 0.319 e. The Bertz CT molecular complexity index is 723. The van der Waals surface area contributed by atoms with Crippen molar-refractivity contribution in [3.63, 3.8) is 0 Å². The molecule has 2 N–H and O–H groups in total. The van der Waals surface area contributed by atoms with E-state index in [2.05, 4.69) is 32.6 Å². The Morgan fingerprint density at radius 1 is 1.00 bits per heavy atom. The first-order valence-electron chi connectivity index (χ1n) is 9.37. The number of benzene rings is 2. The van der Waals surface area contributed by atoms with Gasteiger partial charge in [-0.2, -0.15) is 0 Å². The summed E-state index contributed by atoms with van der Waals surface area (Å²) in [6, 6.07) is 15.8. The van der Waals surface area contributed by atoms with Crippen molar-refractivity contribution in [1.29, 1.82) is 0 Å². The van der Waals surface area contributed by atoms with Gasteiger partial charge in [-0.15, -0.1) is 0 Å². The van der Waals surface area contributed by atoms with Crippen LogP contribution in [0, 0.1) is 6.92 Å². The van der Waals surface area contributed by atoms with Crippen LogP contribution in [0.5, 0.6) is 5.75 Å². The molecule has 0 aliphatic carbocycles. The molecule has 3 rings (SSSR count). The highest BCUT2D eigenvalue weighted by molar-refractivity contribution is 5.89. The minimum atomic E-state index is -0.157. The Labute approximate surface area is 161 Å². The molecule has 0 atom stereocenters. The topological polar surface area (TPSA) is 56.8 Å². The van der Waals surface area contributed by atoms with Crippen molar-refractivity contribution in [3.05, 3.63) is 54.1 Å². The van der Waals surface area contributed by atoms with Crippen molar-refractivity contribution in [2.75, 3.05) is 56.6 Å². The monoisotopic (exact) mass is 368 g/mol. The number of anilines is 2. The van der Waals surface area contributed by atoms with Crippen LogP contribution < -0.4 is 20.3 Å². The summed E-state index contributed by atoms with van der Waals surface area (Å²) in [5.41, 5.74) is 3.21. The van der Waals surface area contributed by atoms with Crippen LogP contribution in [0.2, 0.25) is 0 Å². The summed E-state index contributed by atoms with van der Waals surface area (Å²) in [5.74, 6) is 0.882. The molecule has 1 heterocycles. The number of nitrogens with zero attached hydrogens (tertiary/aromatic N) is 2. The molecule has 6 heteroatoms. The fourth-order valence-corrected chi connectivity index (χ4v) is 3.16. The first-order chi connectivity index (χ1) is 13.1. The maximum Gasteiger partial charge on any atom is 0.319 e. The number of carbonyl (C=O) groups excluding carboxylic acids is 1. The fraction of sp³-hybridized carbons (Fsp3) is 0.381. The van der Waals surface area contributed by atoms with E-state index in [1.54, 1.807) is 7.11 Å². The normalized spacial score (nSPS) is 14.7. The van der Waals surface area contributed by atoms with E-state index < -0.39 is 0 Å². The second-order valence-corrected chi connectivity index (χ2v) is 6.77. The van der Waals surface area contributed by atoms with Gasteiger partial charge in [0.2, 0.25) is 0 Å². The minimum absolute atomic E-state index is 0.157. The lowest BCUT2D eigenvalue weighted by Crippen LogP contribution is -2.48. The second-order valence-electron chi connectivity index (χ2n) is 6.77. The standard InChI is InChI=1S/C21H28N4O2/c1-17-3-5-18(6-4-17)23-21(26)22-11-12-24-13-15-25(16-14-24)19-7-9-20(27-2)10-8-19/h3-10H,11-16H2,1-2H3,(H2,22,23,26). The Kier molecular flexibility index (Phi) is 6.54. The van der Waals surface area contributed by atoms with Crippen molar-refractivity contribution in [3.8, 4) is 5.75 Å². The maximum atomic E-state index is 12.0. The summed E-state index contributed by atoms with van der Waals surface area (Å²) in [6.45, 7) is 7.49. The summed E-state index contributed by atoms with van der Waals surface area (Å²) >= 11 is 0. The van der Waals surface area contributed by atoms with Gasteiger partial charge in [-0.25, -0.2) is 4.79 Å². The summed E-state index contributed by atoms with van der Waals surface area (Å²) in [5, 5.41) is 5.79. The average molecular weight is 368 g/mol. The molecule has 1 fully saturated rings. The lowest BCUT2D eigenvalue weighted by Gasteiger charge is -2.36. The third-order valence-corrected chi connectivity index (χ3v) is 4.83. The quantitative estimate of drug-likeness (QED) is 0.823. The zero-order valence-electron chi connectivity index (χ0n) is 16.1. The Balaban J connectivity index is 1.35. The van der Waals surface area contributed by atoms with Gasteiger partial charge in [0.25, 0.3) is 0 Å². The Morgan fingerprint density at radius 3 is 2.30 bits per heavy atom. The molecule has 0 saturated carbocycles.